The summed E-state index contributed by atoms with van der Waals surface area (Å²) in [6, 6.07) is 9.33. The van der Waals surface area contributed by atoms with Crippen LogP contribution in [0.1, 0.15) is 44.2 Å². The van der Waals surface area contributed by atoms with Gasteiger partial charge in [0.15, 0.2) is 0 Å². The molecule has 1 aromatic rings. The molecule has 0 spiro atoms. The molecule has 1 aliphatic rings. The van der Waals surface area contributed by atoms with E-state index in [-0.39, 0.29) is 6.10 Å². The predicted octanol–water partition coefficient (Wildman–Crippen LogP) is 3.09. The van der Waals surface area contributed by atoms with Crippen molar-refractivity contribution >= 4 is 0 Å². The van der Waals surface area contributed by atoms with Gasteiger partial charge in [-0.1, -0.05) is 45.0 Å². The minimum Gasteiger partial charge on any atom is -0.379 e. The quantitative estimate of drug-likeness (QED) is 0.831. The SMILES string of the molecule is CC(C)NCC(C)c1ccc(COC2CCOC2)cc1. The topological polar surface area (TPSA) is 30.5 Å². The van der Waals surface area contributed by atoms with E-state index in [4.69, 9.17) is 9.47 Å². The van der Waals surface area contributed by atoms with Crippen LogP contribution in [0, 0.1) is 0 Å². The second-order valence-electron chi connectivity index (χ2n) is 6.00. The maximum atomic E-state index is 5.83. The van der Waals surface area contributed by atoms with Gasteiger partial charge in [0.05, 0.1) is 19.3 Å². The highest BCUT2D eigenvalue weighted by Gasteiger charge is 2.15. The van der Waals surface area contributed by atoms with Gasteiger partial charge in [-0.2, -0.15) is 0 Å². The molecular weight excluding hydrogens is 250 g/mol. The maximum Gasteiger partial charge on any atom is 0.0834 e. The molecule has 1 fully saturated rings. The van der Waals surface area contributed by atoms with Crippen molar-refractivity contribution in [1.82, 2.24) is 5.32 Å². The zero-order valence-corrected chi connectivity index (χ0v) is 12.9. The minimum atomic E-state index is 0.281. The monoisotopic (exact) mass is 277 g/mol. The van der Waals surface area contributed by atoms with E-state index in [2.05, 4.69) is 50.4 Å². The molecule has 0 radical (unpaired) electrons. The van der Waals surface area contributed by atoms with Crippen molar-refractivity contribution in [3.05, 3.63) is 35.4 Å². The van der Waals surface area contributed by atoms with Crippen LogP contribution >= 0.6 is 0 Å². The third kappa shape index (κ3) is 4.89. The Balaban J connectivity index is 1.79. The third-order valence-electron chi connectivity index (χ3n) is 3.75. The number of benzene rings is 1. The molecule has 1 aromatic carbocycles. The molecule has 1 aliphatic heterocycles. The van der Waals surface area contributed by atoms with E-state index in [0.29, 0.717) is 18.6 Å². The van der Waals surface area contributed by atoms with Crippen LogP contribution in [-0.4, -0.2) is 31.9 Å². The summed E-state index contributed by atoms with van der Waals surface area (Å²) in [5.74, 6) is 0.538. The van der Waals surface area contributed by atoms with Crippen molar-refractivity contribution in [2.75, 3.05) is 19.8 Å². The number of hydrogen-bond acceptors (Lipinski definition) is 3. The van der Waals surface area contributed by atoms with Crippen LogP contribution in [0.2, 0.25) is 0 Å². The normalized spacial score (nSPS) is 20.5. The van der Waals surface area contributed by atoms with Gasteiger partial charge < -0.3 is 14.8 Å². The van der Waals surface area contributed by atoms with Gasteiger partial charge in [-0.3, -0.25) is 0 Å². The Morgan fingerprint density at radius 1 is 1.25 bits per heavy atom. The molecule has 3 nitrogen and oxygen atoms in total. The lowest BCUT2D eigenvalue weighted by molar-refractivity contribution is 0.0317. The molecule has 1 N–H and O–H groups in total. The van der Waals surface area contributed by atoms with E-state index < -0.39 is 0 Å². The Morgan fingerprint density at radius 2 is 2.00 bits per heavy atom. The molecule has 2 unspecified atom stereocenters. The van der Waals surface area contributed by atoms with E-state index in [1.165, 1.54) is 11.1 Å². The van der Waals surface area contributed by atoms with Crippen molar-refractivity contribution in [2.45, 2.75) is 51.9 Å². The van der Waals surface area contributed by atoms with Gasteiger partial charge in [0, 0.05) is 19.2 Å². The summed E-state index contributed by atoms with van der Waals surface area (Å²) in [7, 11) is 0. The summed E-state index contributed by atoms with van der Waals surface area (Å²) in [6.45, 7) is 9.91. The van der Waals surface area contributed by atoms with Crippen LogP contribution in [-0.2, 0) is 16.1 Å². The van der Waals surface area contributed by atoms with Crippen LogP contribution in [0.5, 0.6) is 0 Å². The summed E-state index contributed by atoms with van der Waals surface area (Å²) in [5.41, 5.74) is 2.62. The zero-order valence-electron chi connectivity index (χ0n) is 12.9. The third-order valence-corrected chi connectivity index (χ3v) is 3.75. The van der Waals surface area contributed by atoms with E-state index in [1.807, 2.05) is 0 Å². The molecule has 0 aliphatic carbocycles. The Hall–Kier alpha value is -0.900. The lowest BCUT2D eigenvalue weighted by Crippen LogP contribution is -2.26. The molecule has 3 heteroatoms. The number of ether oxygens (including phenoxy) is 2. The zero-order chi connectivity index (χ0) is 14.4. The van der Waals surface area contributed by atoms with Crippen molar-refractivity contribution in [2.24, 2.45) is 0 Å². The van der Waals surface area contributed by atoms with E-state index >= 15 is 0 Å². The summed E-state index contributed by atoms with van der Waals surface area (Å²) in [4.78, 5) is 0. The Bertz CT molecular complexity index is 382. The van der Waals surface area contributed by atoms with Gasteiger partial charge in [-0.25, -0.2) is 0 Å². The van der Waals surface area contributed by atoms with Gasteiger partial charge in [-0.05, 0) is 23.5 Å². The highest BCUT2D eigenvalue weighted by Crippen LogP contribution is 2.17. The minimum absolute atomic E-state index is 0.281. The van der Waals surface area contributed by atoms with E-state index in [9.17, 15) is 0 Å². The average molecular weight is 277 g/mol. The fourth-order valence-electron chi connectivity index (χ4n) is 2.33. The maximum absolute atomic E-state index is 5.83. The van der Waals surface area contributed by atoms with Crippen LogP contribution in [0.4, 0.5) is 0 Å². The molecule has 0 bridgehead atoms. The van der Waals surface area contributed by atoms with Crippen LogP contribution in [0.3, 0.4) is 0 Å². The van der Waals surface area contributed by atoms with Crippen LogP contribution in [0.25, 0.3) is 0 Å². The van der Waals surface area contributed by atoms with Gasteiger partial charge in [0.25, 0.3) is 0 Å². The second-order valence-corrected chi connectivity index (χ2v) is 6.00. The predicted molar refractivity (Wildman–Crippen MR) is 82.0 cm³/mol. The molecule has 1 heterocycles. The number of hydrogen-bond donors (Lipinski definition) is 1. The molecule has 0 aromatic heterocycles. The molecule has 1 saturated heterocycles. The van der Waals surface area contributed by atoms with Crippen molar-refractivity contribution < 1.29 is 9.47 Å². The van der Waals surface area contributed by atoms with Crippen LogP contribution < -0.4 is 5.32 Å². The molecule has 0 amide bonds. The van der Waals surface area contributed by atoms with Crippen LogP contribution in [0.15, 0.2) is 24.3 Å². The Morgan fingerprint density at radius 3 is 2.60 bits per heavy atom. The van der Waals surface area contributed by atoms with Gasteiger partial charge in [-0.15, -0.1) is 0 Å². The number of rotatable bonds is 7. The fourth-order valence-corrected chi connectivity index (χ4v) is 2.33. The van der Waals surface area contributed by atoms with Gasteiger partial charge in [0.2, 0.25) is 0 Å². The highest BCUT2D eigenvalue weighted by atomic mass is 16.5. The van der Waals surface area contributed by atoms with Crippen molar-refractivity contribution in [3.63, 3.8) is 0 Å². The smallest absolute Gasteiger partial charge is 0.0834 e. The second kappa shape index (κ2) is 7.77. The first-order chi connectivity index (χ1) is 9.65. The molecule has 0 saturated carbocycles. The highest BCUT2D eigenvalue weighted by molar-refractivity contribution is 5.25. The first-order valence-electron chi connectivity index (χ1n) is 7.66. The van der Waals surface area contributed by atoms with E-state index in [0.717, 1.165) is 26.2 Å². The van der Waals surface area contributed by atoms with Crippen molar-refractivity contribution in [3.8, 4) is 0 Å². The lowest BCUT2D eigenvalue weighted by Gasteiger charge is -2.16. The molecule has 112 valence electrons. The first-order valence-corrected chi connectivity index (χ1v) is 7.66. The molecule has 20 heavy (non-hydrogen) atoms. The van der Waals surface area contributed by atoms with Gasteiger partial charge >= 0.3 is 0 Å². The standard InChI is InChI=1S/C17H27NO2/c1-13(2)18-10-14(3)16-6-4-15(5-7-16)11-20-17-8-9-19-12-17/h4-7,13-14,17-18H,8-12H2,1-3H3. The summed E-state index contributed by atoms with van der Waals surface area (Å²) < 4.78 is 11.1. The first kappa shape index (κ1) is 15.5. The summed E-state index contributed by atoms with van der Waals surface area (Å²) >= 11 is 0. The molecular formula is C17H27NO2. The van der Waals surface area contributed by atoms with Crippen molar-refractivity contribution in [1.29, 1.82) is 0 Å². The summed E-state index contributed by atoms with van der Waals surface area (Å²) in [5, 5.41) is 3.48. The average Bonchev–Trinajstić information content (AvgIpc) is 2.96. The van der Waals surface area contributed by atoms with E-state index in [1.54, 1.807) is 0 Å². The lowest BCUT2D eigenvalue weighted by atomic mass is 9.99. The largest absolute Gasteiger partial charge is 0.379 e. The molecule has 2 atom stereocenters. The number of nitrogens with one attached hydrogen (secondary N) is 1. The van der Waals surface area contributed by atoms with Gasteiger partial charge in [0.1, 0.15) is 0 Å². The summed E-state index contributed by atoms with van der Waals surface area (Å²) in [6.07, 6.45) is 1.31. The molecule has 2 rings (SSSR count). The Kier molecular flexibility index (Phi) is 6.02. The Labute approximate surface area is 122 Å². The fraction of sp³-hybridized carbons (Fsp3) is 0.647.